The summed E-state index contributed by atoms with van der Waals surface area (Å²) in [6, 6.07) is 11.7. The summed E-state index contributed by atoms with van der Waals surface area (Å²) in [5, 5.41) is 5.90. The fraction of sp³-hybridized carbons (Fsp3) is 0.542. The zero-order chi connectivity index (χ0) is 45.0. The summed E-state index contributed by atoms with van der Waals surface area (Å²) < 4.78 is 47.1. The third-order valence-electron chi connectivity index (χ3n) is 13.4. The Hall–Kier alpha value is -5.51. The van der Waals surface area contributed by atoms with Gasteiger partial charge in [-0.05, 0) is 94.2 Å². The van der Waals surface area contributed by atoms with E-state index in [1.54, 1.807) is 0 Å². The van der Waals surface area contributed by atoms with E-state index in [1.165, 1.54) is 4.90 Å². The van der Waals surface area contributed by atoms with E-state index in [0.717, 1.165) is 60.6 Å². The van der Waals surface area contributed by atoms with Gasteiger partial charge in [0.15, 0.2) is 5.82 Å². The van der Waals surface area contributed by atoms with Gasteiger partial charge < -0.3 is 29.4 Å². The van der Waals surface area contributed by atoms with Crippen molar-refractivity contribution >= 4 is 55.9 Å². The van der Waals surface area contributed by atoms with Gasteiger partial charge in [-0.1, -0.05) is 81.7 Å². The second-order valence-electron chi connectivity index (χ2n) is 19.5. The van der Waals surface area contributed by atoms with Crippen LogP contribution >= 0.6 is 0 Å². The number of aromatic nitrogens is 2. The number of nitrogens with zero attached hydrogens (tertiary/aromatic N) is 3. The number of sulfonamides is 1. The average molecular weight is 895 g/mol. The lowest BCUT2D eigenvalue weighted by atomic mass is 9.87. The molecule has 1 saturated heterocycles. The van der Waals surface area contributed by atoms with Crippen molar-refractivity contribution in [1.29, 1.82) is 0 Å². The van der Waals surface area contributed by atoms with Crippen molar-refractivity contribution < 1.29 is 41.5 Å². The van der Waals surface area contributed by atoms with Crippen molar-refractivity contribution in [3.63, 3.8) is 0 Å². The van der Waals surface area contributed by atoms with Crippen LogP contribution in [0.4, 0.5) is 4.79 Å². The highest BCUT2D eigenvalue weighted by atomic mass is 32.2. The first-order valence-electron chi connectivity index (χ1n) is 22.9. The SMILES string of the molecule is Cc1ccc2oc3c(O[C@@H]4C[C@H]5C(=O)N[C@]6(C(=O)NS(=O)(=O)C7CC7)C[C@H]6/C=C\CCCCC[C@H](NC(=O)OC6CCCC6)C(=O)N5C4)nc(-c4ccc(C(C)(C)C)cc4)nc3c2c1. The van der Waals surface area contributed by atoms with Crippen LogP contribution in [0.1, 0.15) is 115 Å². The molecular weight excluding hydrogens is 837 g/mol. The number of aryl methyl sites for hydroxylation is 1. The summed E-state index contributed by atoms with van der Waals surface area (Å²) in [6.07, 6.45) is 9.88. The van der Waals surface area contributed by atoms with Gasteiger partial charge in [-0.25, -0.2) is 18.2 Å². The van der Waals surface area contributed by atoms with Crippen LogP contribution in [-0.4, -0.2) is 88.7 Å². The van der Waals surface area contributed by atoms with E-state index in [1.807, 2.05) is 49.4 Å². The van der Waals surface area contributed by atoms with Crippen molar-refractivity contribution in [3.05, 3.63) is 65.7 Å². The number of nitrogens with one attached hydrogen (secondary N) is 3. The number of ether oxygens (including phenoxy) is 2. The Labute approximate surface area is 373 Å². The van der Waals surface area contributed by atoms with E-state index in [2.05, 4.69) is 48.3 Å². The molecule has 5 atom stereocenters. The molecule has 2 aromatic heterocycles. The maximum atomic E-state index is 14.9. The lowest BCUT2D eigenvalue weighted by molar-refractivity contribution is -0.141. The topological polar surface area (TPSA) is 199 Å². The van der Waals surface area contributed by atoms with Crippen molar-refractivity contribution in [2.75, 3.05) is 6.54 Å². The zero-order valence-corrected chi connectivity index (χ0v) is 37.8. The molecule has 4 aromatic rings. The molecule has 9 rings (SSSR count). The summed E-state index contributed by atoms with van der Waals surface area (Å²) >= 11 is 0. The molecule has 0 unspecified atom stereocenters. The molecule has 3 N–H and O–H groups in total. The summed E-state index contributed by atoms with van der Waals surface area (Å²) in [6.45, 7) is 8.36. The van der Waals surface area contributed by atoms with Crippen LogP contribution in [0.25, 0.3) is 33.5 Å². The van der Waals surface area contributed by atoms with Gasteiger partial charge in [-0.3, -0.25) is 19.1 Å². The van der Waals surface area contributed by atoms with Crippen molar-refractivity contribution in [2.45, 2.75) is 152 Å². The van der Waals surface area contributed by atoms with Gasteiger partial charge in [0.2, 0.25) is 27.4 Å². The van der Waals surface area contributed by atoms with Crippen LogP contribution in [-0.2, 0) is 34.6 Å². The Kier molecular flexibility index (Phi) is 11.7. The summed E-state index contributed by atoms with van der Waals surface area (Å²) in [4.78, 5) is 68.1. The Bertz CT molecular complexity index is 2610. The van der Waals surface area contributed by atoms with Gasteiger partial charge >= 0.3 is 6.09 Å². The number of hydrogen-bond donors (Lipinski definition) is 3. The minimum Gasteiger partial charge on any atom is -0.470 e. The van der Waals surface area contributed by atoms with Gasteiger partial charge in [0.25, 0.3) is 11.8 Å². The third kappa shape index (κ3) is 9.07. The van der Waals surface area contributed by atoms with E-state index >= 15 is 0 Å². The summed E-state index contributed by atoms with van der Waals surface area (Å²) in [5.41, 5.74) is 2.76. The highest BCUT2D eigenvalue weighted by Crippen LogP contribution is 2.46. The quantitative estimate of drug-likeness (QED) is 0.153. The molecule has 2 aliphatic heterocycles. The Morgan fingerprint density at radius 2 is 1.69 bits per heavy atom. The predicted octanol–water partition coefficient (Wildman–Crippen LogP) is 7.04. The molecule has 16 heteroatoms. The monoisotopic (exact) mass is 894 g/mol. The molecule has 3 aliphatic carbocycles. The van der Waals surface area contributed by atoms with Crippen LogP contribution in [0.3, 0.4) is 0 Å². The third-order valence-corrected chi connectivity index (χ3v) is 15.3. The Morgan fingerprint density at radius 1 is 0.938 bits per heavy atom. The maximum Gasteiger partial charge on any atom is 0.408 e. The molecule has 2 aromatic carbocycles. The first-order valence-corrected chi connectivity index (χ1v) is 24.4. The lowest BCUT2D eigenvalue weighted by Crippen LogP contribution is -2.58. The summed E-state index contributed by atoms with van der Waals surface area (Å²) in [7, 11) is -3.92. The number of fused-ring (bicyclic) bond motifs is 5. The highest BCUT2D eigenvalue weighted by Gasteiger charge is 2.62. The predicted molar refractivity (Wildman–Crippen MR) is 240 cm³/mol. The smallest absolute Gasteiger partial charge is 0.408 e. The zero-order valence-electron chi connectivity index (χ0n) is 37.0. The number of carbonyl (C=O) groups is 4. The van der Waals surface area contributed by atoms with Crippen LogP contribution in [0.15, 0.2) is 59.0 Å². The molecule has 4 amide bonds. The normalized spacial score (nSPS) is 26.3. The van der Waals surface area contributed by atoms with E-state index in [0.29, 0.717) is 54.6 Å². The number of alkyl carbamates (subject to hydrolysis) is 1. The molecule has 3 saturated carbocycles. The van der Waals surface area contributed by atoms with Crippen LogP contribution < -0.4 is 20.1 Å². The van der Waals surface area contributed by atoms with Gasteiger partial charge in [0.1, 0.15) is 40.9 Å². The molecule has 15 nitrogen and oxygen atoms in total. The Balaban J connectivity index is 1.06. The second kappa shape index (κ2) is 17.1. The summed E-state index contributed by atoms with van der Waals surface area (Å²) in [5.74, 6) is -1.83. The van der Waals surface area contributed by atoms with Crippen molar-refractivity contribution in [3.8, 4) is 17.3 Å². The Morgan fingerprint density at radius 3 is 2.42 bits per heavy atom. The van der Waals surface area contributed by atoms with E-state index in [9.17, 15) is 27.6 Å². The highest BCUT2D eigenvalue weighted by molar-refractivity contribution is 7.91. The average Bonchev–Trinajstić information content (AvgIpc) is 4.07. The van der Waals surface area contributed by atoms with Gasteiger partial charge in [0.05, 0.1) is 11.8 Å². The van der Waals surface area contributed by atoms with E-state index in [-0.39, 0.29) is 36.8 Å². The number of rotatable bonds is 8. The number of amides is 4. The first-order chi connectivity index (χ1) is 30.6. The maximum absolute atomic E-state index is 14.9. The number of furan rings is 1. The van der Waals surface area contributed by atoms with Crippen LogP contribution in [0.2, 0.25) is 0 Å². The fourth-order valence-electron chi connectivity index (χ4n) is 9.40. The van der Waals surface area contributed by atoms with Crippen molar-refractivity contribution in [1.82, 2.24) is 30.2 Å². The van der Waals surface area contributed by atoms with E-state index in [4.69, 9.17) is 23.9 Å². The van der Waals surface area contributed by atoms with Crippen LogP contribution in [0, 0.1) is 12.8 Å². The second-order valence-corrected chi connectivity index (χ2v) is 21.4. The van der Waals surface area contributed by atoms with Gasteiger partial charge in [-0.15, -0.1) is 0 Å². The molecule has 340 valence electrons. The number of benzene rings is 2. The molecular formula is C48H58N6O9S. The number of allylic oxidation sites excluding steroid dienone is 1. The van der Waals surface area contributed by atoms with Crippen LogP contribution in [0.5, 0.6) is 5.88 Å². The minimum atomic E-state index is -3.92. The van der Waals surface area contributed by atoms with Crippen molar-refractivity contribution in [2.24, 2.45) is 5.92 Å². The lowest BCUT2D eigenvalue weighted by Gasteiger charge is -2.30. The molecule has 0 spiro atoms. The molecule has 0 radical (unpaired) electrons. The molecule has 4 fully saturated rings. The largest absolute Gasteiger partial charge is 0.470 e. The standard InChI is InChI=1S/C48H58N6O9S/c1-28-16-23-38-35(24-28)39-40(63-38)43(51-41(50-39)29-17-19-30(20-18-29)47(2,3)4)61-33-25-37-42(55)52-48(45(57)53-64(59,60)34-21-22-34)26-31(48)12-8-6-5-7-9-15-36(44(56)54(37)27-33)49-46(58)62-32-13-10-11-14-32/h8,12,16-20,23-24,31-34,36-37H,5-7,9-11,13-15,21-22,25-27H2,1-4H3,(H,49,58)(H,52,55)(H,53,57)/b12-8-/t31-,33-,36+,37+,48-/m1/s1. The molecule has 4 heterocycles. The molecule has 0 bridgehead atoms. The number of hydrogen-bond acceptors (Lipinski definition) is 11. The van der Waals surface area contributed by atoms with Gasteiger partial charge in [0, 0.05) is 23.3 Å². The van der Waals surface area contributed by atoms with Gasteiger partial charge in [-0.2, -0.15) is 4.98 Å². The molecule has 5 aliphatic rings. The first kappa shape index (κ1) is 43.7. The minimum absolute atomic E-state index is 0.00413. The van der Waals surface area contributed by atoms with E-state index < -0.39 is 68.7 Å². The fourth-order valence-corrected chi connectivity index (χ4v) is 10.8. The molecule has 64 heavy (non-hydrogen) atoms. The number of carbonyl (C=O) groups excluding carboxylic acids is 4.